The van der Waals surface area contributed by atoms with Crippen molar-refractivity contribution in [3.8, 4) is 5.75 Å². The third kappa shape index (κ3) is 4.93. The minimum Gasteiger partial charge on any atom is -0.495 e. The molecule has 0 spiro atoms. The van der Waals surface area contributed by atoms with Gasteiger partial charge in [-0.05, 0) is 49.0 Å². The first kappa shape index (κ1) is 22.2. The lowest BCUT2D eigenvalue weighted by atomic mass is 10.2. The monoisotopic (exact) mass is 465 g/mol. The number of nitrogens with one attached hydrogen (secondary N) is 1. The zero-order valence-corrected chi connectivity index (χ0v) is 19.1. The molecular weight excluding hydrogens is 438 g/mol. The lowest BCUT2D eigenvalue weighted by Crippen LogP contribution is -2.40. The molecule has 0 unspecified atom stereocenters. The van der Waals surface area contributed by atoms with Crippen LogP contribution in [0.4, 0.5) is 5.69 Å². The lowest BCUT2D eigenvalue weighted by Gasteiger charge is -2.27. The molecule has 1 aromatic carbocycles. The highest BCUT2D eigenvalue weighted by molar-refractivity contribution is 7.89. The summed E-state index contributed by atoms with van der Waals surface area (Å²) in [4.78, 5) is 16.2. The van der Waals surface area contributed by atoms with Gasteiger partial charge in [-0.15, -0.1) is 11.3 Å². The van der Waals surface area contributed by atoms with Crippen molar-refractivity contribution in [3.05, 3.63) is 40.6 Å². The molecule has 1 atom stereocenters. The summed E-state index contributed by atoms with van der Waals surface area (Å²) < 4.78 is 38.2. The van der Waals surface area contributed by atoms with Crippen LogP contribution in [0.15, 0.2) is 40.6 Å². The van der Waals surface area contributed by atoms with Crippen LogP contribution in [0.2, 0.25) is 0 Å². The normalized spacial score (nSPS) is 20.6. The molecule has 3 heterocycles. The third-order valence-corrected chi connectivity index (χ3v) is 8.51. The summed E-state index contributed by atoms with van der Waals surface area (Å²) in [6.07, 6.45) is 2.10. The van der Waals surface area contributed by atoms with Crippen LogP contribution in [0.5, 0.6) is 5.75 Å². The van der Waals surface area contributed by atoms with Crippen LogP contribution in [0.25, 0.3) is 0 Å². The molecule has 2 aliphatic heterocycles. The van der Waals surface area contributed by atoms with Gasteiger partial charge in [0.15, 0.2) is 0 Å². The Labute approximate surface area is 186 Å². The van der Waals surface area contributed by atoms with Gasteiger partial charge in [0, 0.05) is 29.7 Å². The van der Waals surface area contributed by atoms with E-state index in [0.717, 1.165) is 19.4 Å². The number of morpholine rings is 1. The summed E-state index contributed by atoms with van der Waals surface area (Å²) in [6, 6.07) is 9.12. The molecule has 0 bridgehead atoms. The van der Waals surface area contributed by atoms with Crippen LogP contribution in [-0.2, 0) is 19.6 Å². The molecule has 2 aliphatic rings. The number of nitrogens with zero attached hydrogens (tertiary/aromatic N) is 2. The topological polar surface area (TPSA) is 88.2 Å². The molecule has 1 amide bonds. The zero-order valence-electron chi connectivity index (χ0n) is 17.5. The fraction of sp³-hybridized carbons (Fsp3) is 0.476. The van der Waals surface area contributed by atoms with Crippen molar-refractivity contribution >= 4 is 33.0 Å². The average Bonchev–Trinajstić information content (AvgIpc) is 3.46. The second-order valence-corrected chi connectivity index (χ2v) is 10.5. The smallest absolute Gasteiger partial charge is 0.246 e. The minimum atomic E-state index is -3.76. The minimum absolute atomic E-state index is 0.0485. The number of thiophene rings is 1. The molecule has 2 aromatic rings. The summed E-state index contributed by atoms with van der Waals surface area (Å²) >= 11 is 1.71. The fourth-order valence-corrected chi connectivity index (χ4v) is 6.57. The van der Waals surface area contributed by atoms with E-state index in [2.05, 4.69) is 21.7 Å². The predicted octanol–water partition coefficient (Wildman–Crippen LogP) is 2.55. The van der Waals surface area contributed by atoms with Crippen LogP contribution in [0.3, 0.4) is 0 Å². The number of rotatable bonds is 7. The van der Waals surface area contributed by atoms with E-state index >= 15 is 0 Å². The van der Waals surface area contributed by atoms with Crippen molar-refractivity contribution in [2.45, 2.75) is 23.8 Å². The number of carbonyl (C=O) groups is 1. The Morgan fingerprint density at radius 3 is 2.77 bits per heavy atom. The lowest BCUT2D eigenvalue weighted by molar-refractivity contribution is -0.117. The van der Waals surface area contributed by atoms with E-state index in [9.17, 15) is 13.2 Å². The van der Waals surface area contributed by atoms with E-state index in [1.54, 1.807) is 23.5 Å². The Morgan fingerprint density at radius 2 is 2.06 bits per heavy atom. The highest BCUT2D eigenvalue weighted by Crippen LogP contribution is 2.34. The van der Waals surface area contributed by atoms with Crippen molar-refractivity contribution in [1.29, 1.82) is 0 Å². The van der Waals surface area contributed by atoms with Gasteiger partial charge in [0.1, 0.15) is 10.6 Å². The number of sulfonamides is 1. The Balaban J connectivity index is 1.48. The zero-order chi connectivity index (χ0) is 21.8. The molecule has 0 saturated carbocycles. The van der Waals surface area contributed by atoms with Gasteiger partial charge < -0.3 is 14.8 Å². The molecule has 168 valence electrons. The Bertz CT molecular complexity index is 1000. The van der Waals surface area contributed by atoms with E-state index in [1.165, 1.54) is 22.4 Å². The van der Waals surface area contributed by atoms with Gasteiger partial charge in [0.05, 0.1) is 26.9 Å². The van der Waals surface area contributed by atoms with E-state index in [1.807, 2.05) is 6.07 Å². The third-order valence-electron chi connectivity index (χ3n) is 5.62. The number of carbonyl (C=O) groups excluding carboxylic acids is 1. The van der Waals surface area contributed by atoms with Crippen molar-refractivity contribution in [2.75, 3.05) is 51.8 Å². The Hall–Kier alpha value is -1.98. The van der Waals surface area contributed by atoms with Crippen LogP contribution in [0, 0.1) is 0 Å². The van der Waals surface area contributed by atoms with Crippen molar-refractivity contribution in [3.63, 3.8) is 0 Å². The average molecular weight is 466 g/mol. The number of anilines is 1. The maximum atomic E-state index is 13.1. The summed E-state index contributed by atoms with van der Waals surface area (Å²) in [5.74, 6) is 0.0881. The quantitative estimate of drug-likeness (QED) is 0.676. The second-order valence-electron chi connectivity index (χ2n) is 7.57. The standard InChI is InChI=1S/C21H27N3O5S2/c1-28-18-7-6-16(14-20(18)31(26,27)24-9-11-29-12-10-24)22-21(25)15-23-8-2-4-17(23)19-5-3-13-30-19/h3,5-7,13-14,17H,2,4,8-12,15H2,1H3,(H,22,25)/t17-/m1/s1. The largest absolute Gasteiger partial charge is 0.495 e. The number of ether oxygens (including phenoxy) is 2. The maximum absolute atomic E-state index is 13.1. The van der Waals surface area contributed by atoms with Crippen LogP contribution >= 0.6 is 11.3 Å². The molecule has 10 heteroatoms. The number of amides is 1. The molecular formula is C21H27N3O5S2. The maximum Gasteiger partial charge on any atom is 0.246 e. The van der Waals surface area contributed by atoms with E-state index in [-0.39, 0.29) is 29.1 Å². The van der Waals surface area contributed by atoms with E-state index in [0.29, 0.717) is 32.0 Å². The van der Waals surface area contributed by atoms with Gasteiger partial charge >= 0.3 is 0 Å². The Morgan fingerprint density at radius 1 is 1.26 bits per heavy atom. The van der Waals surface area contributed by atoms with Crippen LogP contribution < -0.4 is 10.1 Å². The Kier molecular flexibility index (Phi) is 6.92. The second kappa shape index (κ2) is 9.66. The fourth-order valence-electron chi connectivity index (χ4n) is 4.09. The van der Waals surface area contributed by atoms with Crippen molar-refractivity contribution < 1.29 is 22.7 Å². The molecule has 2 fully saturated rings. The summed E-state index contributed by atoms with van der Waals surface area (Å²) in [5, 5.41) is 4.92. The summed E-state index contributed by atoms with van der Waals surface area (Å²) in [6.45, 7) is 2.44. The molecule has 1 N–H and O–H groups in total. The number of hydrogen-bond donors (Lipinski definition) is 1. The first-order valence-corrected chi connectivity index (χ1v) is 12.6. The molecule has 8 nitrogen and oxygen atoms in total. The first-order valence-electron chi connectivity index (χ1n) is 10.3. The molecule has 0 aliphatic carbocycles. The molecule has 1 aromatic heterocycles. The number of benzene rings is 1. The molecule has 2 saturated heterocycles. The van der Waals surface area contributed by atoms with Gasteiger partial charge in [0.25, 0.3) is 0 Å². The number of hydrogen-bond acceptors (Lipinski definition) is 7. The molecule has 4 rings (SSSR count). The van der Waals surface area contributed by atoms with Crippen LogP contribution in [0.1, 0.15) is 23.8 Å². The molecule has 31 heavy (non-hydrogen) atoms. The van der Waals surface area contributed by atoms with Crippen molar-refractivity contribution in [2.24, 2.45) is 0 Å². The van der Waals surface area contributed by atoms with E-state index < -0.39 is 10.0 Å². The SMILES string of the molecule is COc1ccc(NC(=O)CN2CCC[C@@H]2c2cccs2)cc1S(=O)(=O)N1CCOCC1. The predicted molar refractivity (Wildman–Crippen MR) is 119 cm³/mol. The highest BCUT2D eigenvalue weighted by Gasteiger charge is 2.31. The summed E-state index contributed by atoms with van der Waals surface area (Å²) in [7, 11) is -2.32. The van der Waals surface area contributed by atoms with Gasteiger partial charge in [-0.25, -0.2) is 8.42 Å². The number of methoxy groups -OCH3 is 1. The van der Waals surface area contributed by atoms with Gasteiger partial charge in [-0.3, -0.25) is 9.69 Å². The van der Waals surface area contributed by atoms with Crippen molar-refractivity contribution in [1.82, 2.24) is 9.21 Å². The molecule has 0 radical (unpaired) electrons. The first-order chi connectivity index (χ1) is 15.0. The highest BCUT2D eigenvalue weighted by atomic mass is 32.2. The van der Waals surface area contributed by atoms with Gasteiger partial charge in [-0.1, -0.05) is 6.07 Å². The van der Waals surface area contributed by atoms with Gasteiger partial charge in [-0.2, -0.15) is 4.31 Å². The van der Waals surface area contributed by atoms with Crippen LogP contribution in [-0.4, -0.2) is 70.0 Å². The number of likely N-dealkylation sites (tertiary alicyclic amines) is 1. The summed E-state index contributed by atoms with van der Waals surface area (Å²) in [5.41, 5.74) is 0.435. The van der Waals surface area contributed by atoms with Gasteiger partial charge in [0.2, 0.25) is 15.9 Å². The van der Waals surface area contributed by atoms with E-state index in [4.69, 9.17) is 9.47 Å².